The van der Waals surface area contributed by atoms with Gasteiger partial charge >= 0.3 is 0 Å². The highest BCUT2D eigenvalue weighted by Gasteiger charge is 2.40. The zero-order chi connectivity index (χ0) is 90.0. The standard InChI is InChI=1S/C81H72N16O24S6/c1-36-27-38(19-21-48(36)86-78-90-76(82)92-80(94-78)88-53-33-54(60(126(110,111)112)35-59(53)124-121-118-106)85-51-24-26-57-67-63(45-16-6-8-18-47(45)73(101)65(51)67)69(75(103)97(57)4)71(99)41-12-10-14-43(31-41)125(107,108)109)29-39-20-22-49(37(2)28-39)87-79-91-77(83)93-81(95-79)89-55-32-52(58(123-120-117-105)34-61(55)127(113,114)115)84-50-23-25-56-66-62(44-15-5-7-17-46(44)72(100)64(50)66)68(74(102)96(56)3)70(98)40-11-9-13-42(30-40)122-119-116-104/h5-18,23-26,30-39,48-49,84-85,104-106H,19-22,27-29H2,1-4H3,(H,107,108,109)(H,110,111,112)(H,113,114,115)(H4,82,86,88,90,92,94)(H4,83,87,89,91,93,95). The van der Waals surface area contributed by atoms with Crippen molar-refractivity contribution in [3.8, 4) is 22.3 Å². The third-order valence-corrected chi connectivity index (χ3v) is 27.3. The molecule has 12 aromatic rings. The van der Waals surface area contributed by atoms with Gasteiger partial charge in [-0.3, -0.25) is 42.4 Å². The van der Waals surface area contributed by atoms with Crippen LogP contribution in [0.2, 0.25) is 0 Å². The number of nitrogens with two attached hydrogens (primary N) is 2. The third kappa shape index (κ3) is 17.6. The summed E-state index contributed by atoms with van der Waals surface area (Å²) in [5.74, 6) is -2.97. The molecule has 0 amide bonds. The van der Waals surface area contributed by atoms with Gasteiger partial charge in [-0.15, -0.1) is 13.0 Å². The van der Waals surface area contributed by atoms with Crippen LogP contribution in [0.1, 0.15) is 122 Å². The summed E-state index contributed by atoms with van der Waals surface area (Å²) >= 11 is 1.20. The van der Waals surface area contributed by atoms with Gasteiger partial charge in [-0.1, -0.05) is 102 Å². The first kappa shape index (κ1) is 88.1. The number of benzene rings is 8. The number of hydrogen-bond acceptors (Lipinski definition) is 38. The highest BCUT2D eigenvalue weighted by molar-refractivity contribution is 7.95. The van der Waals surface area contributed by atoms with E-state index in [1.54, 1.807) is 42.5 Å². The molecule has 8 aromatic carbocycles. The smallest absolute Gasteiger partial charge is 0.296 e. The molecule has 0 aliphatic heterocycles. The summed E-state index contributed by atoms with van der Waals surface area (Å²) in [4.78, 5) is 113. The van der Waals surface area contributed by atoms with E-state index in [0.29, 0.717) is 65.7 Å². The number of anilines is 12. The van der Waals surface area contributed by atoms with Gasteiger partial charge < -0.3 is 52.5 Å². The first-order valence-electron chi connectivity index (χ1n) is 38.5. The average Bonchev–Trinajstić information content (AvgIpc) is 0.707. The predicted molar refractivity (Wildman–Crippen MR) is 464 cm³/mol. The summed E-state index contributed by atoms with van der Waals surface area (Å²) in [6, 6.07) is 32.8. The molecule has 40 nitrogen and oxygen atoms in total. The Morgan fingerprint density at radius 2 is 0.858 bits per heavy atom. The van der Waals surface area contributed by atoms with Gasteiger partial charge in [0.2, 0.25) is 35.7 Å². The molecule has 4 aliphatic carbocycles. The number of pyridine rings is 2. The molecular formula is C81H72N16O24S6. The van der Waals surface area contributed by atoms with Crippen LogP contribution in [-0.2, 0) is 72.6 Å². The van der Waals surface area contributed by atoms with E-state index in [1.807, 2.05) is 0 Å². The normalized spacial score (nSPS) is 17.3. The Kier molecular flexibility index (Phi) is 24.6. The van der Waals surface area contributed by atoms with Gasteiger partial charge in [-0.2, -0.15) is 55.2 Å². The van der Waals surface area contributed by atoms with E-state index in [2.05, 4.69) is 95.1 Å². The minimum atomic E-state index is -5.22. The monoisotopic (exact) mass is 1840 g/mol. The third-order valence-electron chi connectivity index (χ3n) is 22.8. The zero-order valence-electron chi connectivity index (χ0n) is 66.5. The second-order valence-corrected chi connectivity index (χ2v) is 36.9. The Labute approximate surface area is 732 Å². The van der Waals surface area contributed by atoms with Crippen LogP contribution < -0.4 is 54.5 Å². The van der Waals surface area contributed by atoms with Crippen LogP contribution >= 0.6 is 36.1 Å². The Hall–Kier alpha value is -12.3. The minimum Gasteiger partial charge on any atom is -0.368 e. The summed E-state index contributed by atoms with van der Waals surface area (Å²) in [7, 11) is -12.4. The fraction of sp³-hybridized carbons (Fsp3) is 0.210. The Morgan fingerprint density at radius 1 is 0.449 bits per heavy atom. The Bertz CT molecular complexity index is 7100. The molecule has 6 atom stereocenters. The molecule has 2 fully saturated rings. The van der Waals surface area contributed by atoms with E-state index in [-0.39, 0.29) is 187 Å². The van der Waals surface area contributed by atoms with Crippen molar-refractivity contribution in [2.45, 2.75) is 100 Å². The topological polar surface area (TPSA) is 593 Å². The van der Waals surface area contributed by atoms with Crippen molar-refractivity contribution in [3.63, 3.8) is 0 Å². The first-order valence-corrected chi connectivity index (χ1v) is 45.0. The summed E-state index contributed by atoms with van der Waals surface area (Å²) in [5.41, 5.74) is 10.3. The lowest BCUT2D eigenvalue weighted by Gasteiger charge is -2.39. The second kappa shape index (κ2) is 35.5. The molecule has 6 unspecified atom stereocenters. The fourth-order valence-corrected chi connectivity index (χ4v) is 20.6. The molecule has 16 N–H and O–H groups in total. The van der Waals surface area contributed by atoms with Crippen LogP contribution in [0.25, 0.3) is 44.1 Å². The maximum absolute atomic E-state index is 15.0. The molecule has 46 heteroatoms. The van der Waals surface area contributed by atoms with Gasteiger partial charge in [-0.25, -0.2) is 15.8 Å². The van der Waals surface area contributed by atoms with Gasteiger partial charge in [0.1, 0.15) is 9.79 Å². The van der Waals surface area contributed by atoms with Crippen LogP contribution in [-0.4, -0.2) is 129 Å². The van der Waals surface area contributed by atoms with E-state index < -0.39 is 84.9 Å². The van der Waals surface area contributed by atoms with E-state index in [4.69, 9.17) is 25.4 Å². The molecule has 0 saturated heterocycles. The summed E-state index contributed by atoms with van der Waals surface area (Å²) in [5, 5.41) is 58.0. The highest BCUT2D eigenvalue weighted by atomic mass is 32.2. The summed E-state index contributed by atoms with van der Waals surface area (Å²) in [6.07, 6.45) is 5.56. The number of aromatic nitrogens is 8. The van der Waals surface area contributed by atoms with Gasteiger partial charge in [-0.05, 0) is 153 Å². The number of carbonyl (C=O) groups is 4. The number of nitrogen functional groups attached to an aromatic ring is 2. The van der Waals surface area contributed by atoms with Crippen molar-refractivity contribution in [2.75, 3.05) is 43.4 Å². The molecule has 0 radical (unpaired) electrons. The quantitative estimate of drug-likeness (QED) is 0.00653. The number of ketones is 4. The fourth-order valence-electron chi connectivity index (χ4n) is 17.2. The van der Waals surface area contributed by atoms with Crippen LogP contribution in [0.4, 0.5) is 69.8 Å². The van der Waals surface area contributed by atoms with Crippen LogP contribution in [0.3, 0.4) is 0 Å². The predicted octanol–water partition coefficient (Wildman–Crippen LogP) is 13.3. The Balaban J connectivity index is 0.604. The maximum atomic E-state index is 15.0. The average molecular weight is 1850 g/mol. The molecule has 4 aliphatic rings. The Morgan fingerprint density at radius 3 is 1.31 bits per heavy atom. The lowest BCUT2D eigenvalue weighted by molar-refractivity contribution is -0.432. The molecule has 16 rings (SSSR count). The van der Waals surface area contributed by atoms with Crippen molar-refractivity contribution in [1.82, 2.24) is 39.0 Å². The van der Waals surface area contributed by atoms with Crippen molar-refractivity contribution in [2.24, 2.45) is 37.8 Å². The SMILES string of the molecule is CC1CC(CC2CCC(Nc3nc(N)nc(Nc4cc(Nc5ccc6c7c5C(=O)c5ccccc5-c7c(C(=O)c5cccc(SOOO)c5)c(=O)n6C)c(SOOO)cc4S(=O)(=O)O)n3)C(C)C2)CCC1Nc1nc(N)nc(Nc2cc(Nc3ccc4c5c3C(=O)c3ccccc3-c5c(C(=O)c3cccc(S(=O)(=O)O)c3)c(=O)n4C)c(S(=O)(=O)O)cc2SOOO)n1. The molecule has 127 heavy (non-hydrogen) atoms. The van der Waals surface area contributed by atoms with Gasteiger partial charge in [0.15, 0.2) is 23.1 Å². The van der Waals surface area contributed by atoms with Crippen LogP contribution in [0.15, 0.2) is 185 Å². The van der Waals surface area contributed by atoms with Gasteiger partial charge in [0.25, 0.3) is 41.5 Å². The van der Waals surface area contributed by atoms with Crippen molar-refractivity contribution < 1.29 is 102 Å². The van der Waals surface area contributed by atoms with Crippen molar-refractivity contribution in [3.05, 3.63) is 211 Å². The molecular weight excluding hydrogens is 1770 g/mol. The van der Waals surface area contributed by atoms with E-state index in [9.17, 15) is 73.4 Å². The second-order valence-electron chi connectivity index (χ2n) is 30.5. The number of hydrogen-bond donors (Lipinski definition) is 14. The number of nitrogens with zero attached hydrogens (tertiary/aromatic N) is 8. The van der Waals surface area contributed by atoms with E-state index in [0.717, 1.165) is 60.9 Å². The van der Waals surface area contributed by atoms with Crippen molar-refractivity contribution >= 4 is 181 Å². The first-order chi connectivity index (χ1) is 60.7. The number of fused-ring (bicyclic) bond motifs is 4. The zero-order valence-corrected chi connectivity index (χ0v) is 71.4. The number of nitrogens with one attached hydrogen (secondary N) is 6. The minimum absolute atomic E-state index is 0.0136. The molecule has 2 saturated carbocycles. The lowest BCUT2D eigenvalue weighted by Crippen LogP contribution is -2.37. The van der Waals surface area contributed by atoms with E-state index in [1.165, 1.54) is 97.5 Å². The summed E-state index contributed by atoms with van der Waals surface area (Å²) in [6.45, 7) is 4.20. The summed E-state index contributed by atoms with van der Waals surface area (Å²) < 4.78 is 126. The van der Waals surface area contributed by atoms with Crippen LogP contribution in [0.5, 0.6) is 0 Å². The molecule has 0 bridgehead atoms. The number of aryl methyl sites for hydroxylation is 2. The maximum Gasteiger partial charge on any atom is 0.296 e. The van der Waals surface area contributed by atoms with Crippen molar-refractivity contribution in [1.29, 1.82) is 0 Å². The molecule has 4 heterocycles. The lowest BCUT2D eigenvalue weighted by atomic mass is 9.70. The molecule has 4 aromatic heterocycles. The number of carbonyl (C=O) groups excluding carboxylic acids is 4. The van der Waals surface area contributed by atoms with E-state index >= 15 is 4.79 Å². The van der Waals surface area contributed by atoms with Crippen LogP contribution in [0, 0.1) is 23.7 Å². The molecule has 656 valence electrons. The molecule has 0 spiro atoms. The number of rotatable bonds is 30. The van der Waals surface area contributed by atoms with Gasteiger partial charge in [0, 0.05) is 75.2 Å². The van der Waals surface area contributed by atoms with Gasteiger partial charge in [0.05, 0.1) is 118 Å². The highest BCUT2D eigenvalue weighted by Crippen LogP contribution is 2.50. The largest absolute Gasteiger partial charge is 0.368 e.